The van der Waals surface area contributed by atoms with Crippen LogP contribution in [0.5, 0.6) is 5.75 Å². The average molecular weight is 643 g/mol. The number of fused-ring (bicyclic) bond motifs is 3. The molecule has 0 saturated heterocycles. The van der Waals surface area contributed by atoms with E-state index in [1.54, 1.807) is 6.07 Å². The Hall–Kier alpha value is -5.73. The second-order valence-corrected chi connectivity index (χ2v) is 12.5. The minimum Gasteiger partial charge on any atom is -0.495 e. The summed E-state index contributed by atoms with van der Waals surface area (Å²) in [5.41, 5.74) is -0.0797. The first-order valence-electron chi connectivity index (χ1n) is 13.8. The molecule has 0 saturated carbocycles. The number of nitrogens with zero attached hydrogens (tertiary/aromatic N) is 5. The molecule has 4 aromatic rings. The summed E-state index contributed by atoms with van der Waals surface area (Å²) in [5.74, 6) is -1.49. The van der Waals surface area contributed by atoms with Gasteiger partial charge in [0.15, 0.2) is 5.69 Å². The van der Waals surface area contributed by atoms with Gasteiger partial charge in [-0.2, -0.15) is 19.1 Å². The van der Waals surface area contributed by atoms with Crippen LogP contribution < -0.4 is 15.0 Å². The smallest absolute Gasteiger partial charge is 0.298 e. The van der Waals surface area contributed by atoms with E-state index in [-0.39, 0.29) is 51.6 Å². The highest BCUT2D eigenvalue weighted by Crippen LogP contribution is 2.39. The number of carbonyl (C=O) groups is 2. The van der Waals surface area contributed by atoms with E-state index in [1.807, 2.05) is 6.07 Å². The van der Waals surface area contributed by atoms with E-state index in [1.165, 1.54) is 89.6 Å². The summed E-state index contributed by atoms with van der Waals surface area (Å²) in [6, 6.07) is 19.5. The van der Waals surface area contributed by atoms with E-state index >= 15 is 8.78 Å². The number of methoxy groups -OCH3 is 1. The van der Waals surface area contributed by atoms with Gasteiger partial charge in [-0.1, -0.05) is 48.4 Å². The van der Waals surface area contributed by atoms with Gasteiger partial charge in [0.1, 0.15) is 23.9 Å². The molecular formula is C32H24F2N6O5S. The lowest BCUT2D eigenvalue weighted by molar-refractivity contribution is 0.0428. The molecule has 0 spiro atoms. The van der Waals surface area contributed by atoms with Crippen LogP contribution in [0.1, 0.15) is 43.6 Å². The van der Waals surface area contributed by atoms with Crippen LogP contribution in [0.25, 0.3) is 0 Å². The van der Waals surface area contributed by atoms with Crippen molar-refractivity contribution in [3.05, 3.63) is 107 Å². The van der Waals surface area contributed by atoms with Crippen molar-refractivity contribution in [2.75, 3.05) is 30.1 Å². The first-order chi connectivity index (χ1) is 21.9. The summed E-state index contributed by atoms with van der Waals surface area (Å²) in [6.07, 6.45) is 2.26. The average Bonchev–Trinajstić information content (AvgIpc) is 3.48. The first-order valence-corrected chi connectivity index (χ1v) is 15.6. The van der Waals surface area contributed by atoms with Gasteiger partial charge in [0, 0.05) is 28.4 Å². The summed E-state index contributed by atoms with van der Waals surface area (Å²) < 4.78 is 62.7. The fraction of sp³-hybridized carbons (Fsp3) is 0.188. The molecular weight excluding hydrogens is 618 g/mol. The predicted octanol–water partition coefficient (Wildman–Crippen LogP) is 3.96. The van der Waals surface area contributed by atoms with E-state index in [4.69, 9.17) is 4.74 Å². The highest BCUT2D eigenvalue weighted by atomic mass is 32.2. The number of anilines is 2. The molecule has 0 fully saturated rings. The molecule has 2 atom stereocenters. The quantitative estimate of drug-likeness (QED) is 0.301. The van der Waals surface area contributed by atoms with E-state index in [0.717, 1.165) is 10.6 Å². The fourth-order valence-electron chi connectivity index (χ4n) is 5.43. The SMILES string of the molecule is COc1ccc(C(=O)Nc2cnn3c2C(=O)N(c2ccc(C(F)(F)c4ccccc4)cc2)C2C#CN(S(C)(=O)=O)C[C@@H]23)cc1C#N. The van der Waals surface area contributed by atoms with E-state index < -0.39 is 39.8 Å². The maximum atomic E-state index is 15.3. The fourth-order valence-corrected chi connectivity index (χ4v) is 6.07. The monoisotopic (exact) mass is 642 g/mol. The molecule has 3 aromatic carbocycles. The lowest BCUT2D eigenvalue weighted by Crippen LogP contribution is -2.55. The Kier molecular flexibility index (Phi) is 7.46. The lowest BCUT2D eigenvalue weighted by Gasteiger charge is -2.41. The third-order valence-corrected chi connectivity index (χ3v) is 8.78. The van der Waals surface area contributed by atoms with E-state index in [2.05, 4.69) is 22.4 Å². The minimum absolute atomic E-state index is 0.0180. The van der Waals surface area contributed by atoms with Gasteiger partial charge in [0.2, 0.25) is 10.0 Å². The number of benzene rings is 3. The molecule has 1 unspecified atom stereocenters. The van der Waals surface area contributed by atoms with Crippen LogP contribution in [-0.2, 0) is 15.9 Å². The number of ether oxygens (including phenoxy) is 1. The molecule has 11 nitrogen and oxygen atoms in total. The van der Waals surface area contributed by atoms with E-state index in [0.29, 0.717) is 0 Å². The Morgan fingerprint density at radius 1 is 1.11 bits per heavy atom. The molecule has 1 aromatic heterocycles. The largest absolute Gasteiger partial charge is 0.495 e. The van der Waals surface area contributed by atoms with Crippen LogP contribution >= 0.6 is 0 Å². The van der Waals surface area contributed by atoms with Gasteiger partial charge < -0.3 is 10.1 Å². The highest BCUT2D eigenvalue weighted by molar-refractivity contribution is 7.88. The van der Waals surface area contributed by atoms with Crippen molar-refractivity contribution >= 4 is 33.2 Å². The van der Waals surface area contributed by atoms with Gasteiger partial charge in [-0.15, -0.1) is 0 Å². The van der Waals surface area contributed by atoms with Gasteiger partial charge in [-0.3, -0.25) is 14.5 Å². The Labute approximate surface area is 262 Å². The van der Waals surface area contributed by atoms with Gasteiger partial charge in [0.05, 0.1) is 37.4 Å². The molecule has 46 heavy (non-hydrogen) atoms. The molecule has 232 valence electrons. The molecule has 0 radical (unpaired) electrons. The highest BCUT2D eigenvalue weighted by Gasteiger charge is 2.46. The number of hydrogen-bond donors (Lipinski definition) is 1. The maximum Gasteiger partial charge on any atom is 0.298 e. The Balaban J connectivity index is 1.39. The number of nitriles is 1. The summed E-state index contributed by atoms with van der Waals surface area (Å²) in [7, 11) is -2.37. The number of nitrogens with one attached hydrogen (secondary N) is 1. The molecule has 2 amide bonds. The molecule has 0 aliphatic carbocycles. The number of hydrogen-bond acceptors (Lipinski definition) is 7. The second kappa shape index (κ2) is 11.3. The molecule has 1 N–H and O–H groups in total. The van der Waals surface area contributed by atoms with Crippen LogP contribution in [0, 0.1) is 23.3 Å². The number of alkyl halides is 2. The van der Waals surface area contributed by atoms with Crippen molar-refractivity contribution in [2.24, 2.45) is 0 Å². The van der Waals surface area contributed by atoms with Crippen molar-refractivity contribution in [3.8, 4) is 23.8 Å². The van der Waals surface area contributed by atoms with Crippen molar-refractivity contribution in [2.45, 2.75) is 18.0 Å². The number of carbonyl (C=O) groups excluding carboxylic acids is 2. The number of aromatic nitrogens is 2. The van der Waals surface area contributed by atoms with Crippen molar-refractivity contribution in [1.29, 1.82) is 5.26 Å². The van der Waals surface area contributed by atoms with Gasteiger partial charge in [-0.25, -0.2) is 17.4 Å². The number of halogens is 2. The molecule has 3 heterocycles. The molecule has 2 aliphatic rings. The number of amides is 2. The zero-order valence-corrected chi connectivity index (χ0v) is 25.1. The third kappa shape index (κ3) is 5.18. The normalized spacial score (nSPS) is 17.2. The van der Waals surface area contributed by atoms with Crippen LogP contribution in [0.3, 0.4) is 0 Å². The Bertz CT molecular complexity index is 2080. The van der Waals surface area contributed by atoms with Crippen LogP contribution in [0.4, 0.5) is 20.2 Å². The summed E-state index contributed by atoms with van der Waals surface area (Å²) in [5, 5.41) is 16.4. The van der Waals surface area contributed by atoms with Crippen molar-refractivity contribution in [3.63, 3.8) is 0 Å². The zero-order valence-electron chi connectivity index (χ0n) is 24.3. The third-order valence-electron chi connectivity index (χ3n) is 7.74. The minimum atomic E-state index is -3.76. The maximum absolute atomic E-state index is 15.3. The lowest BCUT2D eigenvalue weighted by atomic mass is 9.97. The van der Waals surface area contributed by atoms with Crippen molar-refractivity contribution < 1.29 is 31.5 Å². The zero-order chi connectivity index (χ0) is 32.8. The van der Waals surface area contributed by atoms with Gasteiger partial charge >= 0.3 is 0 Å². The summed E-state index contributed by atoms with van der Waals surface area (Å²) in [4.78, 5) is 28.7. The number of sulfonamides is 1. The first kappa shape index (κ1) is 30.3. The van der Waals surface area contributed by atoms with E-state index in [9.17, 15) is 23.3 Å². The molecule has 0 bridgehead atoms. The topological polar surface area (TPSA) is 138 Å². The van der Waals surface area contributed by atoms with Crippen LogP contribution in [-0.4, -0.2) is 60.3 Å². The Morgan fingerprint density at radius 3 is 2.46 bits per heavy atom. The van der Waals surface area contributed by atoms with Crippen LogP contribution in [0.2, 0.25) is 0 Å². The molecule has 14 heteroatoms. The predicted molar refractivity (Wildman–Crippen MR) is 163 cm³/mol. The standard InChI is InChI=1S/C32H24F2N6O5S/c1-45-28-13-8-20(16-21(28)17-35)30(41)37-25-18-36-40-27-19-38(46(2,43)44)15-14-26(27)39(31(42)29(25)40)24-11-9-23(10-12-24)32(33,34)22-6-4-3-5-7-22/h3-13,16,18,26-27H,19H2,1-2H3,(H,37,41)/t26?,27-/m0/s1. The number of rotatable bonds is 7. The molecule has 2 aliphatic heterocycles. The van der Waals surface area contributed by atoms with Crippen molar-refractivity contribution in [1.82, 2.24) is 14.1 Å². The molecule has 6 rings (SSSR count). The summed E-state index contributed by atoms with van der Waals surface area (Å²) in [6.45, 7) is -0.170. The second-order valence-electron chi connectivity index (χ2n) is 10.6. The van der Waals surface area contributed by atoms with Gasteiger partial charge in [-0.05, 0) is 30.3 Å². The van der Waals surface area contributed by atoms with Gasteiger partial charge in [0.25, 0.3) is 17.7 Å². The summed E-state index contributed by atoms with van der Waals surface area (Å²) >= 11 is 0. The Morgan fingerprint density at radius 2 is 1.80 bits per heavy atom. The van der Waals surface area contributed by atoms with Crippen LogP contribution in [0.15, 0.2) is 79.0 Å².